The van der Waals surface area contributed by atoms with E-state index in [1.807, 2.05) is 50.2 Å². The Kier molecular flexibility index (Phi) is 4.97. The lowest BCUT2D eigenvalue weighted by atomic mass is 10.0. The van der Waals surface area contributed by atoms with Gasteiger partial charge >= 0.3 is 0 Å². The van der Waals surface area contributed by atoms with Gasteiger partial charge in [-0.2, -0.15) is 9.61 Å². The molecular formula is C19H21N5O2. The molecular weight excluding hydrogens is 330 g/mol. The van der Waals surface area contributed by atoms with Gasteiger partial charge in [-0.25, -0.2) is 4.98 Å². The minimum absolute atomic E-state index is 0.160. The highest BCUT2D eigenvalue weighted by molar-refractivity contribution is 5.95. The maximum atomic E-state index is 12.4. The molecule has 3 aromatic rings. The van der Waals surface area contributed by atoms with Crippen LogP contribution in [0.1, 0.15) is 24.7 Å². The lowest BCUT2D eigenvalue weighted by Crippen LogP contribution is -2.26. The number of amides is 2. The van der Waals surface area contributed by atoms with Crippen molar-refractivity contribution in [2.24, 2.45) is 0 Å². The van der Waals surface area contributed by atoms with Gasteiger partial charge in [0.1, 0.15) is 5.82 Å². The quantitative estimate of drug-likeness (QED) is 0.739. The van der Waals surface area contributed by atoms with Crippen molar-refractivity contribution >= 4 is 23.3 Å². The molecule has 2 amide bonds. The zero-order valence-corrected chi connectivity index (χ0v) is 15.0. The molecule has 0 fully saturated rings. The summed E-state index contributed by atoms with van der Waals surface area (Å²) in [7, 11) is 0. The molecule has 1 aromatic carbocycles. The number of rotatable bonds is 5. The fourth-order valence-electron chi connectivity index (χ4n) is 2.85. The van der Waals surface area contributed by atoms with Gasteiger partial charge in [-0.15, -0.1) is 0 Å². The van der Waals surface area contributed by atoms with Crippen LogP contribution in [0.15, 0.2) is 36.4 Å². The molecule has 7 nitrogen and oxygen atoms in total. The van der Waals surface area contributed by atoms with Crippen molar-refractivity contribution in [3.05, 3.63) is 47.8 Å². The Morgan fingerprint density at radius 1 is 1.15 bits per heavy atom. The first-order valence-corrected chi connectivity index (χ1v) is 8.42. The predicted molar refractivity (Wildman–Crippen MR) is 99.8 cm³/mol. The largest absolute Gasteiger partial charge is 0.356 e. The number of fused-ring (bicyclic) bond motifs is 1. The third kappa shape index (κ3) is 3.72. The molecule has 0 bridgehead atoms. The molecule has 134 valence electrons. The molecule has 0 atom stereocenters. The second kappa shape index (κ2) is 7.35. The smallest absolute Gasteiger partial charge is 0.227 e. The van der Waals surface area contributed by atoms with E-state index < -0.39 is 0 Å². The van der Waals surface area contributed by atoms with Gasteiger partial charge in [0.15, 0.2) is 5.65 Å². The van der Waals surface area contributed by atoms with Crippen LogP contribution in [-0.2, 0) is 9.59 Å². The van der Waals surface area contributed by atoms with Crippen LogP contribution < -0.4 is 10.6 Å². The Balaban J connectivity index is 2.03. The average molecular weight is 351 g/mol. The van der Waals surface area contributed by atoms with Crippen molar-refractivity contribution < 1.29 is 9.59 Å². The van der Waals surface area contributed by atoms with Crippen LogP contribution in [-0.4, -0.2) is 33.0 Å². The number of aryl methyl sites for hydroxylation is 2. The summed E-state index contributed by atoms with van der Waals surface area (Å²) in [6.45, 7) is 5.51. The van der Waals surface area contributed by atoms with Crippen LogP contribution >= 0.6 is 0 Å². The van der Waals surface area contributed by atoms with Crippen LogP contribution in [0.25, 0.3) is 16.8 Å². The number of nitrogens with zero attached hydrogens (tertiary/aromatic N) is 3. The first-order chi connectivity index (χ1) is 12.5. The third-order valence-corrected chi connectivity index (χ3v) is 3.95. The molecule has 0 aliphatic rings. The molecule has 0 aliphatic heterocycles. The lowest BCUT2D eigenvalue weighted by molar-refractivity contribution is -0.119. The Bertz CT molecular complexity index is 963. The number of carbonyl (C=O) groups excluding carboxylic acids is 2. The van der Waals surface area contributed by atoms with E-state index in [-0.39, 0.29) is 24.8 Å². The van der Waals surface area contributed by atoms with E-state index >= 15 is 0 Å². The van der Waals surface area contributed by atoms with Crippen molar-refractivity contribution in [3.8, 4) is 11.1 Å². The number of hydrogen-bond acceptors (Lipinski definition) is 4. The Morgan fingerprint density at radius 2 is 1.88 bits per heavy atom. The molecule has 2 heterocycles. The van der Waals surface area contributed by atoms with Crippen molar-refractivity contribution in [3.63, 3.8) is 0 Å². The van der Waals surface area contributed by atoms with Crippen LogP contribution in [0.5, 0.6) is 0 Å². The van der Waals surface area contributed by atoms with E-state index in [4.69, 9.17) is 0 Å². The topological polar surface area (TPSA) is 88.4 Å². The first kappa shape index (κ1) is 17.6. The number of benzene rings is 1. The SMILES string of the molecule is CC(=O)NCCC(=O)Nc1c(-c2ccccc2)c(C)nc2cc(C)nn12. The van der Waals surface area contributed by atoms with E-state index in [2.05, 4.69) is 20.7 Å². The van der Waals surface area contributed by atoms with E-state index in [0.717, 1.165) is 22.5 Å². The molecule has 26 heavy (non-hydrogen) atoms. The van der Waals surface area contributed by atoms with Gasteiger partial charge in [-0.3, -0.25) is 9.59 Å². The fraction of sp³-hybridized carbons (Fsp3) is 0.263. The molecule has 0 aliphatic carbocycles. The Hall–Kier alpha value is -3.22. The zero-order valence-electron chi connectivity index (χ0n) is 15.0. The molecule has 3 rings (SSSR count). The van der Waals surface area contributed by atoms with Crippen LogP contribution in [0, 0.1) is 13.8 Å². The fourth-order valence-corrected chi connectivity index (χ4v) is 2.85. The van der Waals surface area contributed by atoms with Crippen LogP contribution in [0.2, 0.25) is 0 Å². The molecule has 2 N–H and O–H groups in total. The standard InChI is InChI=1S/C19H21N5O2/c1-12-11-16-21-13(2)18(15-7-5-4-6-8-15)19(24(16)23-12)22-17(26)9-10-20-14(3)25/h4-8,11H,9-10H2,1-3H3,(H,20,25)(H,22,26). The molecule has 2 aromatic heterocycles. The summed E-state index contributed by atoms with van der Waals surface area (Å²) in [5, 5.41) is 10.0. The van der Waals surface area contributed by atoms with Crippen molar-refractivity contribution in [2.75, 3.05) is 11.9 Å². The van der Waals surface area contributed by atoms with Crippen LogP contribution in [0.3, 0.4) is 0 Å². The summed E-state index contributed by atoms with van der Waals surface area (Å²) in [6.07, 6.45) is 0.178. The van der Waals surface area contributed by atoms with Gasteiger partial charge in [0, 0.05) is 31.5 Å². The number of hydrogen-bond donors (Lipinski definition) is 2. The second-order valence-electron chi connectivity index (χ2n) is 6.12. The summed E-state index contributed by atoms with van der Waals surface area (Å²) >= 11 is 0. The summed E-state index contributed by atoms with van der Waals surface area (Å²) in [4.78, 5) is 28.0. The summed E-state index contributed by atoms with van der Waals surface area (Å²) < 4.78 is 1.65. The van der Waals surface area contributed by atoms with Gasteiger partial charge in [0.25, 0.3) is 0 Å². The number of anilines is 1. The minimum atomic E-state index is -0.198. The lowest BCUT2D eigenvalue weighted by Gasteiger charge is -2.15. The minimum Gasteiger partial charge on any atom is -0.356 e. The van der Waals surface area contributed by atoms with Crippen LogP contribution in [0.4, 0.5) is 5.82 Å². The molecule has 0 spiro atoms. The molecule has 0 saturated heterocycles. The molecule has 7 heteroatoms. The number of aromatic nitrogens is 3. The van der Waals surface area contributed by atoms with Gasteiger partial charge in [-0.1, -0.05) is 30.3 Å². The Labute approximate surface area is 151 Å². The molecule has 0 saturated carbocycles. The monoisotopic (exact) mass is 351 g/mol. The molecule has 0 radical (unpaired) electrons. The van der Waals surface area contributed by atoms with Crippen molar-refractivity contribution in [2.45, 2.75) is 27.2 Å². The summed E-state index contributed by atoms with van der Waals surface area (Å²) in [5.74, 6) is 0.225. The van der Waals surface area contributed by atoms with E-state index in [0.29, 0.717) is 11.5 Å². The first-order valence-electron chi connectivity index (χ1n) is 8.42. The maximum absolute atomic E-state index is 12.4. The van der Waals surface area contributed by atoms with Crippen molar-refractivity contribution in [1.82, 2.24) is 19.9 Å². The number of nitrogens with one attached hydrogen (secondary N) is 2. The van der Waals surface area contributed by atoms with Gasteiger partial charge in [0.2, 0.25) is 11.8 Å². The zero-order chi connectivity index (χ0) is 18.7. The van der Waals surface area contributed by atoms with Gasteiger partial charge < -0.3 is 10.6 Å². The third-order valence-electron chi connectivity index (χ3n) is 3.95. The highest BCUT2D eigenvalue weighted by Gasteiger charge is 2.18. The van der Waals surface area contributed by atoms with E-state index in [1.165, 1.54) is 6.92 Å². The van der Waals surface area contributed by atoms with Crippen molar-refractivity contribution in [1.29, 1.82) is 0 Å². The highest BCUT2D eigenvalue weighted by atomic mass is 16.2. The maximum Gasteiger partial charge on any atom is 0.227 e. The summed E-state index contributed by atoms with van der Waals surface area (Å²) in [5.41, 5.74) is 4.08. The second-order valence-corrected chi connectivity index (χ2v) is 6.12. The average Bonchev–Trinajstić information content (AvgIpc) is 2.95. The highest BCUT2D eigenvalue weighted by Crippen LogP contribution is 2.31. The predicted octanol–water partition coefficient (Wildman–Crippen LogP) is 2.48. The van der Waals surface area contributed by atoms with E-state index in [1.54, 1.807) is 4.52 Å². The Morgan fingerprint density at radius 3 is 2.58 bits per heavy atom. The molecule has 0 unspecified atom stereocenters. The summed E-state index contributed by atoms with van der Waals surface area (Å²) in [6, 6.07) is 11.6. The van der Waals surface area contributed by atoms with Gasteiger partial charge in [0.05, 0.1) is 11.4 Å². The van der Waals surface area contributed by atoms with E-state index in [9.17, 15) is 9.59 Å². The van der Waals surface area contributed by atoms with Gasteiger partial charge in [-0.05, 0) is 19.4 Å². The number of carbonyl (C=O) groups is 2. The normalized spacial score (nSPS) is 10.7.